The van der Waals surface area contributed by atoms with Gasteiger partial charge in [-0.1, -0.05) is 0 Å². The van der Waals surface area contributed by atoms with Crippen molar-refractivity contribution in [1.29, 1.82) is 0 Å². The van der Waals surface area contributed by atoms with Gasteiger partial charge in [0.25, 0.3) is 0 Å². The first-order valence-corrected chi connectivity index (χ1v) is 5.62. The van der Waals surface area contributed by atoms with Gasteiger partial charge in [-0.05, 0) is 22.1 Å². The third-order valence-electron chi connectivity index (χ3n) is 1.33. The maximum atomic E-state index is 10.5. The molecule has 0 heterocycles. The SMILES string of the molecule is NCCCC(O)([P+](=O)O)[P+](=O)O. The van der Waals surface area contributed by atoms with Crippen molar-refractivity contribution in [3.8, 4) is 0 Å². The molecule has 0 aromatic rings. The van der Waals surface area contributed by atoms with Gasteiger partial charge < -0.3 is 10.8 Å². The zero-order valence-corrected chi connectivity index (χ0v) is 8.04. The van der Waals surface area contributed by atoms with E-state index in [-0.39, 0.29) is 19.4 Å². The molecule has 0 bridgehead atoms. The molecule has 0 aromatic heterocycles. The van der Waals surface area contributed by atoms with Gasteiger partial charge in [0.1, 0.15) is 0 Å². The van der Waals surface area contributed by atoms with Gasteiger partial charge in [-0.2, -0.15) is 9.79 Å². The summed E-state index contributed by atoms with van der Waals surface area (Å²) in [5.41, 5.74) is 5.07. The van der Waals surface area contributed by atoms with Crippen LogP contribution >= 0.6 is 16.1 Å². The highest BCUT2D eigenvalue weighted by Crippen LogP contribution is 2.51. The first-order chi connectivity index (χ1) is 5.45. The quantitative estimate of drug-likeness (QED) is 0.473. The molecule has 0 saturated heterocycles. The fraction of sp³-hybridized carbons (Fsp3) is 1.00. The molecule has 0 amide bonds. The molecule has 2 unspecified atom stereocenters. The lowest BCUT2D eigenvalue weighted by Crippen LogP contribution is -2.20. The van der Waals surface area contributed by atoms with Gasteiger partial charge in [-0.15, -0.1) is 0 Å². The maximum Gasteiger partial charge on any atom is 0.600 e. The van der Waals surface area contributed by atoms with Crippen LogP contribution in [0.4, 0.5) is 0 Å². The second-order valence-corrected chi connectivity index (χ2v) is 5.14. The third kappa shape index (κ3) is 2.83. The van der Waals surface area contributed by atoms with E-state index in [0.29, 0.717) is 0 Å². The van der Waals surface area contributed by atoms with Crippen LogP contribution in [0.25, 0.3) is 0 Å². The average Bonchev–Trinajstić information content (AvgIpc) is 1.99. The van der Waals surface area contributed by atoms with E-state index in [1.807, 2.05) is 0 Å². The van der Waals surface area contributed by atoms with Gasteiger partial charge in [0.2, 0.25) is 0 Å². The number of hydrogen-bond donors (Lipinski definition) is 4. The maximum absolute atomic E-state index is 10.5. The highest BCUT2D eigenvalue weighted by molar-refractivity contribution is 7.59. The Morgan fingerprint density at radius 1 is 1.25 bits per heavy atom. The molecule has 12 heavy (non-hydrogen) atoms. The second kappa shape index (κ2) is 4.92. The average molecular weight is 215 g/mol. The summed E-state index contributed by atoms with van der Waals surface area (Å²) in [6, 6.07) is 0. The van der Waals surface area contributed by atoms with Gasteiger partial charge in [0.15, 0.2) is 0 Å². The van der Waals surface area contributed by atoms with E-state index in [2.05, 4.69) is 0 Å². The monoisotopic (exact) mass is 215 g/mol. The van der Waals surface area contributed by atoms with Crippen molar-refractivity contribution < 1.29 is 24.0 Å². The van der Waals surface area contributed by atoms with E-state index in [1.165, 1.54) is 0 Å². The van der Waals surface area contributed by atoms with Crippen LogP contribution in [-0.2, 0) is 9.13 Å². The fourth-order valence-electron chi connectivity index (χ4n) is 0.604. The topological polar surface area (TPSA) is 121 Å². The molecule has 2 atom stereocenters. The zero-order valence-electron chi connectivity index (χ0n) is 6.25. The summed E-state index contributed by atoms with van der Waals surface area (Å²) in [6.45, 7) is 0.189. The van der Waals surface area contributed by atoms with Crippen molar-refractivity contribution >= 4 is 16.1 Å². The predicted molar refractivity (Wildman–Crippen MR) is 42.9 cm³/mol. The van der Waals surface area contributed by atoms with E-state index < -0.39 is 21.1 Å². The highest BCUT2D eigenvalue weighted by Gasteiger charge is 2.65. The Bertz CT molecular complexity index is 182. The minimum atomic E-state index is -3.08. The van der Waals surface area contributed by atoms with Crippen molar-refractivity contribution in [2.75, 3.05) is 6.54 Å². The Labute approximate surface area is 71.1 Å². The number of aliphatic hydroxyl groups is 1. The van der Waals surface area contributed by atoms with Crippen molar-refractivity contribution in [2.45, 2.75) is 17.9 Å². The van der Waals surface area contributed by atoms with Crippen LogP contribution in [0.2, 0.25) is 0 Å². The Morgan fingerprint density at radius 2 is 1.67 bits per heavy atom. The van der Waals surface area contributed by atoms with Crippen molar-refractivity contribution in [1.82, 2.24) is 0 Å². The van der Waals surface area contributed by atoms with E-state index in [9.17, 15) is 14.2 Å². The van der Waals surface area contributed by atoms with E-state index in [4.69, 9.17) is 15.5 Å². The molecule has 0 radical (unpaired) electrons. The molecule has 0 spiro atoms. The van der Waals surface area contributed by atoms with Crippen molar-refractivity contribution in [2.24, 2.45) is 5.73 Å². The molecule has 8 heteroatoms. The largest absolute Gasteiger partial charge is 0.600 e. The lowest BCUT2D eigenvalue weighted by molar-refractivity contribution is 0.171. The minimum Gasteiger partial charge on any atom is -0.330 e. The Balaban J connectivity index is 4.40. The number of hydrogen-bond acceptors (Lipinski definition) is 4. The first kappa shape index (κ1) is 12.0. The molecule has 0 aliphatic heterocycles. The van der Waals surface area contributed by atoms with E-state index >= 15 is 0 Å². The molecular formula is C4H11NO5P2+2. The van der Waals surface area contributed by atoms with Crippen molar-refractivity contribution in [3.63, 3.8) is 0 Å². The van der Waals surface area contributed by atoms with Gasteiger partial charge in [-0.3, -0.25) is 0 Å². The molecule has 70 valence electrons. The van der Waals surface area contributed by atoms with Crippen LogP contribution in [0.3, 0.4) is 0 Å². The summed E-state index contributed by atoms with van der Waals surface area (Å²) in [7, 11) is -6.16. The zero-order chi connectivity index (χ0) is 9.78. The molecule has 0 rings (SSSR count). The molecule has 0 fully saturated rings. The van der Waals surface area contributed by atoms with E-state index in [1.54, 1.807) is 0 Å². The molecule has 5 N–H and O–H groups in total. The van der Waals surface area contributed by atoms with Gasteiger partial charge in [0.05, 0.1) is 6.42 Å². The summed E-state index contributed by atoms with van der Waals surface area (Å²) in [4.78, 5) is 17.1. The number of nitrogens with two attached hydrogens (primary N) is 1. The third-order valence-corrected chi connectivity index (χ3v) is 4.03. The minimum absolute atomic E-state index is 0.189. The molecule has 0 aliphatic rings. The van der Waals surface area contributed by atoms with Crippen LogP contribution in [0.15, 0.2) is 0 Å². The summed E-state index contributed by atoms with van der Waals surface area (Å²) >= 11 is 0. The van der Waals surface area contributed by atoms with Crippen LogP contribution in [-0.4, -0.2) is 26.5 Å². The van der Waals surface area contributed by atoms with Crippen LogP contribution in [0.1, 0.15) is 12.8 Å². The molecular weight excluding hydrogens is 204 g/mol. The lowest BCUT2D eigenvalue weighted by Gasteiger charge is -1.99. The second-order valence-electron chi connectivity index (χ2n) is 2.21. The number of rotatable bonds is 5. The Hall–Kier alpha value is 0.0400. The molecule has 6 nitrogen and oxygen atoms in total. The predicted octanol–water partition coefficient (Wildman–Crippen LogP) is -0.159. The van der Waals surface area contributed by atoms with Gasteiger partial charge >= 0.3 is 21.1 Å². The van der Waals surface area contributed by atoms with E-state index in [0.717, 1.165) is 0 Å². The Kier molecular flexibility index (Phi) is 4.94. The standard InChI is InChI=1S/C4H9NO5P2/c5-3-1-2-4(6,11(7)8)12(9)10/h6H,1-3,5H2/p+2. The molecule has 0 aromatic carbocycles. The molecule has 0 aliphatic carbocycles. The van der Waals surface area contributed by atoms with Gasteiger partial charge in [-0.25, -0.2) is 0 Å². The summed E-state index contributed by atoms with van der Waals surface area (Å²) in [6.07, 6.45) is -0.0271. The van der Waals surface area contributed by atoms with Gasteiger partial charge in [0, 0.05) is 0 Å². The first-order valence-electron chi connectivity index (χ1n) is 3.20. The van der Waals surface area contributed by atoms with Crippen LogP contribution in [0, 0.1) is 0 Å². The Morgan fingerprint density at radius 3 is 1.92 bits per heavy atom. The fourth-order valence-corrected chi connectivity index (χ4v) is 1.89. The van der Waals surface area contributed by atoms with Crippen LogP contribution in [0.5, 0.6) is 0 Å². The molecule has 0 saturated carbocycles. The smallest absolute Gasteiger partial charge is 0.330 e. The van der Waals surface area contributed by atoms with Crippen molar-refractivity contribution in [3.05, 3.63) is 0 Å². The summed E-state index contributed by atoms with van der Waals surface area (Å²) < 4.78 is 21.0. The normalized spacial score (nSPS) is 18.3. The summed E-state index contributed by atoms with van der Waals surface area (Å²) in [5.74, 6) is 0. The highest BCUT2D eigenvalue weighted by atomic mass is 31.2. The summed E-state index contributed by atoms with van der Waals surface area (Å²) in [5, 5.41) is 6.78. The van der Waals surface area contributed by atoms with Crippen LogP contribution < -0.4 is 5.73 Å². The lowest BCUT2D eigenvalue weighted by atomic mass is 10.3.